The average molecular weight is 445 g/mol. The van der Waals surface area contributed by atoms with E-state index in [0.717, 1.165) is 63.2 Å². The summed E-state index contributed by atoms with van der Waals surface area (Å²) in [6.45, 7) is 13.3. The zero-order valence-corrected chi connectivity index (χ0v) is 20.3. The number of allylic oxidation sites excluding steroid dienone is 2. The van der Waals surface area contributed by atoms with Gasteiger partial charge >= 0.3 is 0 Å². The maximum atomic E-state index is 13.5. The van der Waals surface area contributed by atoms with Gasteiger partial charge in [-0.05, 0) is 75.4 Å². The van der Waals surface area contributed by atoms with Gasteiger partial charge in [0, 0.05) is 51.9 Å². The van der Waals surface area contributed by atoms with E-state index in [2.05, 4.69) is 66.0 Å². The molecule has 0 radical (unpaired) electrons. The van der Waals surface area contributed by atoms with Gasteiger partial charge in [0.2, 0.25) is 0 Å². The minimum absolute atomic E-state index is 0.0600. The molecule has 0 bridgehead atoms. The van der Waals surface area contributed by atoms with Crippen molar-refractivity contribution in [3.63, 3.8) is 0 Å². The van der Waals surface area contributed by atoms with Gasteiger partial charge < -0.3 is 14.6 Å². The monoisotopic (exact) mass is 444 g/mol. The van der Waals surface area contributed by atoms with Crippen molar-refractivity contribution < 1.29 is 9.53 Å². The highest BCUT2D eigenvalue weighted by molar-refractivity contribution is 6.01. The molecule has 5 rings (SSSR count). The van der Waals surface area contributed by atoms with Crippen LogP contribution in [0, 0.1) is 26.2 Å². The van der Waals surface area contributed by atoms with Crippen LogP contribution >= 0.6 is 0 Å². The van der Waals surface area contributed by atoms with Gasteiger partial charge in [0.15, 0.2) is 11.6 Å². The molecular formula is C27H32N4O2. The Morgan fingerprint density at radius 3 is 2.58 bits per heavy atom. The molecule has 33 heavy (non-hydrogen) atoms. The Kier molecular flexibility index (Phi) is 5.00. The molecule has 3 aromatic rings. The maximum Gasteiger partial charge on any atom is 0.162 e. The molecule has 1 aliphatic heterocycles. The molecule has 6 nitrogen and oxygen atoms in total. The molecule has 172 valence electrons. The minimum Gasteiger partial charge on any atom is -0.494 e. The highest BCUT2D eigenvalue weighted by atomic mass is 16.5. The highest BCUT2D eigenvalue weighted by Crippen LogP contribution is 2.50. The van der Waals surface area contributed by atoms with Crippen molar-refractivity contribution in [1.29, 1.82) is 0 Å². The van der Waals surface area contributed by atoms with Crippen molar-refractivity contribution in [2.24, 2.45) is 5.41 Å². The van der Waals surface area contributed by atoms with Crippen LogP contribution in [0.3, 0.4) is 0 Å². The Labute approximate surface area is 195 Å². The summed E-state index contributed by atoms with van der Waals surface area (Å²) in [6, 6.07) is 10.4. The smallest absolute Gasteiger partial charge is 0.162 e. The number of ketones is 1. The maximum absolute atomic E-state index is 13.5. The first-order valence-electron chi connectivity index (χ1n) is 11.7. The normalized spacial score (nSPS) is 19.2. The van der Waals surface area contributed by atoms with Crippen LogP contribution in [0.2, 0.25) is 0 Å². The number of nitrogens with zero attached hydrogens (tertiary/aromatic N) is 2. The summed E-state index contributed by atoms with van der Waals surface area (Å²) < 4.78 is 7.88. The van der Waals surface area contributed by atoms with Gasteiger partial charge in [0.1, 0.15) is 5.75 Å². The fraction of sp³-hybridized carbons (Fsp3) is 0.407. The van der Waals surface area contributed by atoms with E-state index >= 15 is 0 Å². The summed E-state index contributed by atoms with van der Waals surface area (Å²) in [5.41, 5.74) is 8.46. The van der Waals surface area contributed by atoms with Crippen molar-refractivity contribution in [3.05, 3.63) is 69.8 Å². The van der Waals surface area contributed by atoms with E-state index in [4.69, 9.17) is 4.74 Å². The standard InChI is InChI=1S/C27H32N4O2/c1-7-33-19-10-8-18(9-11-19)31-15(2)12-20(17(31)4)24-23-16(3)29-30-26(23)28-21-13-27(5,6)14-22(32)25(21)24/h8-12,24H,7,13-14H2,1-6H3,(H2,28,29,30)/t24-/m1/s1. The Morgan fingerprint density at radius 2 is 1.88 bits per heavy atom. The number of rotatable bonds is 4. The number of carbonyl (C=O) groups excluding carboxylic acids is 1. The largest absolute Gasteiger partial charge is 0.494 e. The molecule has 2 aromatic heterocycles. The molecule has 2 N–H and O–H groups in total. The van der Waals surface area contributed by atoms with E-state index in [1.165, 1.54) is 0 Å². The van der Waals surface area contributed by atoms with Crippen LogP contribution in [-0.2, 0) is 4.79 Å². The van der Waals surface area contributed by atoms with Crippen LogP contribution in [0.15, 0.2) is 41.6 Å². The van der Waals surface area contributed by atoms with Gasteiger partial charge in [-0.3, -0.25) is 9.89 Å². The first kappa shape index (κ1) is 21.6. The minimum atomic E-state index is -0.124. The molecule has 0 saturated heterocycles. The highest BCUT2D eigenvalue weighted by Gasteiger charge is 2.43. The van der Waals surface area contributed by atoms with Gasteiger partial charge in [0.05, 0.1) is 6.61 Å². The number of carbonyl (C=O) groups is 1. The van der Waals surface area contributed by atoms with E-state index in [1.807, 2.05) is 26.0 Å². The first-order chi connectivity index (χ1) is 15.7. The lowest BCUT2D eigenvalue weighted by Gasteiger charge is -2.38. The van der Waals surface area contributed by atoms with Crippen molar-refractivity contribution >= 4 is 11.6 Å². The fourth-order valence-electron chi connectivity index (χ4n) is 5.60. The fourth-order valence-corrected chi connectivity index (χ4v) is 5.60. The summed E-state index contributed by atoms with van der Waals surface area (Å²) in [7, 11) is 0. The summed E-state index contributed by atoms with van der Waals surface area (Å²) in [5, 5.41) is 11.2. The average Bonchev–Trinajstić information content (AvgIpc) is 3.25. The van der Waals surface area contributed by atoms with Gasteiger partial charge in [-0.1, -0.05) is 13.8 Å². The SMILES string of the molecule is CCOc1ccc(-n2c(C)cc([C@H]3C4=C(CC(C)(C)CC4=O)Nc4n[nH]c(C)c43)c2C)cc1. The van der Waals surface area contributed by atoms with Crippen molar-refractivity contribution in [2.45, 2.75) is 60.3 Å². The van der Waals surface area contributed by atoms with E-state index in [0.29, 0.717) is 13.0 Å². The summed E-state index contributed by atoms with van der Waals surface area (Å²) >= 11 is 0. The third-order valence-electron chi connectivity index (χ3n) is 6.95. The van der Waals surface area contributed by atoms with E-state index in [-0.39, 0.29) is 17.1 Å². The third kappa shape index (κ3) is 3.48. The van der Waals surface area contributed by atoms with Gasteiger partial charge in [-0.2, -0.15) is 5.10 Å². The topological polar surface area (TPSA) is 71.9 Å². The lowest BCUT2D eigenvalue weighted by molar-refractivity contribution is -0.118. The predicted molar refractivity (Wildman–Crippen MR) is 130 cm³/mol. The van der Waals surface area contributed by atoms with Crippen molar-refractivity contribution in [3.8, 4) is 11.4 Å². The molecule has 0 amide bonds. The molecule has 1 aromatic carbocycles. The van der Waals surface area contributed by atoms with E-state index < -0.39 is 0 Å². The number of hydrogen-bond donors (Lipinski definition) is 2. The number of anilines is 1. The lowest BCUT2D eigenvalue weighted by atomic mass is 9.69. The molecule has 6 heteroatoms. The number of Topliss-reactive ketones (excluding diaryl/α,β-unsaturated/α-hetero) is 1. The summed E-state index contributed by atoms with van der Waals surface area (Å²) in [5.74, 6) is 1.82. The molecule has 0 fully saturated rings. The number of ether oxygens (including phenoxy) is 1. The Bertz CT molecular complexity index is 1270. The van der Waals surface area contributed by atoms with E-state index in [9.17, 15) is 4.79 Å². The second-order valence-corrected chi connectivity index (χ2v) is 10.1. The Balaban J connectivity index is 1.66. The van der Waals surface area contributed by atoms with Gasteiger partial charge in [-0.25, -0.2) is 0 Å². The number of aryl methyl sites for hydroxylation is 2. The van der Waals surface area contributed by atoms with Crippen LogP contribution < -0.4 is 10.1 Å². The summed E-state index contributed by atoms with van der Waals surface area (Å²) in [6.07, 6.45) is 1.40. The van der Waals surface area contributed by atoms with Crippen LogP contribution in [-0.4, -0.2) is 27.2 Å². The third-order valence-corrected chi connectivity index (χ3v) is 6.95. The molecule has 0 spiro atoms. The zero-order chi connectivity index (χ0) is 23.5. The van der Waals surface area contributed by atoms with Gasteiger partial charge in [0.25, 0.3) is 0 Å². The van der Waals surface area contributed by atoms with Crippen LogP contribution in [0.25, 0.3) is 5.69 Å². The Hall–Kier alpha value is -3.28. The number of H-pyrrole nitrogens is 1. The quantitative estimate of drug-likeness (QED) is 0.539. The van der Waals surface area contributed by atoms with Crippen LogP contribution in [0.5, 0.6) is 5.75 Å². The summed E-state index contributed by atoms with van der Waals surface area (Å²) in [4.78, 5) is 13.5. The number of nitrogens with one attached hydrogen (secondary N) is 2. The number of fused-ring (bicyclic) bond motifs is 1. The number of aromatic nitrogens is 3. The molecular weight excluding hydrogens is 412 g/mol. The molecule has 1 atom stereocenters. The second-order valence-electron chi connectivity index (χ2n) is 10.1. The van der Waals surface area contributed by atoms with Crippen LogP contribution in [0.1, 0.15) is 67.7 Å². The van der Waals surface area contributed by atoms with Crippen LogP contribution in [0.4, 0.5) is 5.82 Å². The van der Waals surface area contributed by atoms with E-state index in [1.54, 1.807) is 0 Å². The van der Waals surface area contributed by atoms with Crippen molar-refractivity contribution in [1.82, 2.24) is 14.8 Å². The predicted octanol–water partition coefficient (Wildman–Crippen LogP) is 5.72. The molecule has 2 aliphatic rings. The lowest BCUT2D eigenvalue weighted by Crippen LogP contribution is -2.34. The molecule has 0 unspecified atom stereocenters. The van der Waals surface area contributed by atoms with Gasteiger partial charge in [-0.15, -0.1) is 0 Å². The van der Waals surface area contributed by atoms with Crippen molar-refractivity contribution in [2.75, 3.05) is 11.9 Å². The molecule has 3 heterocycles. The molecule has 0 saturated carbocycles. The second kappa shape index (κ2) is 7.65. The first-order valence-corrected chi connectivity index (χ1v) is 11.7. The number of hydrogen-bond acceptors (Lipinski definition) is 4. The zero-order valence-electron chi connectivity index (χ0n) is 20.3. The number of aromatic amines is 1. The Morgan fingerprint density at radius 1 is 1.15 bits per heavy atom. The molecule has 1 aliphatic carbocycles. The number of benzene rings is 1.